The Bertz CT molecular complexity index is 324. The van der Waals surface area contributed by atoms with Crippen LogP contribution in [0.3, 0.4) is 0 Å². The molecule has 1 nitrogen and oxygen atoms in total. The minimum atomic E-state index is 0.535. The molecule has 0 aliphatic heterocycles. The molecular weight excluding hydrogens is 232 g/mol. The Morgan fingerprint density at radius 2 is 2.00 bits per heavy atom. The lowest BCUT2D eigenvalue weighted by Gasteiger charge is -2.22. The highest BCUT2D eigenvalue weighted by molar-refractivity contribution is 6.18. The highest BCUT2D eigenvalue weighted by Gasteiger charge is 2.17. The third-order valence-corrected chi connectivity index (χ3v) is 3.92. The molecule has 0 aromatic heterocycles. The van der Waals surface area contributed by atoms with E-state index >= 15 is 0 Å². The Morgan fingerprint density at radius 3 is 2.59 bits per heavy atom. The van der Waals surface area contributed by atoms with Crippen LogP contribution in [0.4, 0.5) is 0 Å². The monoisotopic (exact) mass is 254 g/mol. The molecule has 0 saturated heterocycles. The molecule has 0 amide bonds. The van der Waals surface area contributed by atoms with Crippen LogP contribution >= 0.6 is 11.6 Å². The van der Waals surface area contributed by atoms with Gasteiger partial charge in [-0.25, -0.2) is 0 Å². The molecule has 1 aromatic carbocycles. The van der Waals surface area contributed by atoms with E-state index in [2.05, 4.69) is 38.1 Å². The minimum absolute atomic E-state index is 0.535. The number of benzene rings is 1. The Labute approximate surface area is 110 Å². The number of aryl methyl sites for hydroxylation is 1. The van der Waals surface area contributed by atoms with E-state index in [9.17, 15) is 0 Å². The van der Waals surface area contributed by atoms with Crippen LogP contribution in [0.2, 0.25) is 0 Å². The molecule has 2 heteroatoms. The first-order valence-corrected chi connectivity index (χ1v) is 6.82. The van der Waals surface area contributed by atoms with E-state index in [1.807, 2.05) is 0 Å². The second-order valence-corrected chi connectivity index (χ2v) is 5.11. The van der Waals surface area contributed by atoms with Gasteiger partial charge in [0.15, 0.2) is 0 Å². The first kappa shape index (κ1) is 14.5. The average molecular weight is 255 g/mol. The molecule has 1 rings (SSSR count). The fourth-order valence-electron chi connectivity index (χ4n) is 2.07. The topological polar surface area (TPSA) is 9.23 Å². The molecule has 0 radical (unpaired) electrons. The van der Waals surface area contributed by atoms with Crippen molar-refractivity contribution in [3.8, 4) is 0 Å². The van der Waals surface area contributed by atoms with Crippen LogP contribution in [0.25, 0.3) is 0 Å². The maximum Gasteiger partial charge on any atom is 0.0464 e. The predicted octanol–water partition coefficient (Wildman–Crippen LogP) is 4.07. The lowest BCUT2D eigenvalue weighted by atomic mass is 9.86. The van der Waals surface area contributed by atoms with Crippen molar-refractivity contribution in [1.29, 1.82) is 0 Å². The summed E-state index contributed by atoms with van der Waals surface area (Å²) in [6.45, 7) is 5.26. The van der Waals surface area contributed by atoms with E-state index in [1.54, 1.807) is 7.11 Å². The standard InChI is InChI=1S/C15H23ClO/c1-12-6-4-5-7-14(12)10-15(11-16)13(2)8-9-17-3/h4-7,13,15H,8-11H2,1-3H3. The molecular formula is C15H23ClO. The van der Waals surface area contributed by atoms with Crippen LogP contribution < -0.4 is 0 Å². The Hall–Kier alpha value is -0.530. The van der Waals surface area contributed by atoms with Gasteiger partial charge in [-0.3, -0.25) is 0 Å². The Kier molecular flexibility index (Phi) is 6.61. The molecule has 0 heterocycles. The molecule has 96 valence electrons. The number of hydrogen-bond donors (Lipinski definition) is 0. The summed E-state index contributed by atoms with van der Waals surface area (Å²) in [4.78, 5) is 0. The van der Waals surface area contributed by atoms with E-state index in [0.29, 0.717) is 11.8 Å². The largest absolute Gasteiger partial charge is 0.385 e. The summed E-state index contributed by atoms with van der Waals surface area (Å²) >= 11 is 6.10. The van der Waals surface area contributed by atoms with Gasteiger partial charge in [-0.1, -0.05) is 31.2 Å². The van der Waals surface area contributed by atoms with Crippen molar-refractivity contribution in [2.45, 2.75) is 26.7 Å². The van der Waals surface area contributed by atoms with Crippen molar-refractivity contribution in [2.75, 3.05) is 19.6 Å². The summed E-state index contributed by atoms with van der Waals surface area (Å²) in [5.74, 6) is 1.86. The second kappa shape index (κ2) is 7.73. The Morgan fingerprint density at radius 1 is 1.29 bits per heavy atom. The van der Waals surface area contributed by atoms with Crippen molar-refractivity contribution >= 4 is 11.6 Å². The van der Waals surface area contributed by atoms with Gasteiger partial charge in [-0.05, 0) is 42.7 Å². The van der Waals surface area contributed by atoms with E-state index < -0.39 is 0 Å². The average Bonchev–Trinajstić information content (AvgIpc) is 2.35. The minimum Gasteiger partial charge on any atom is -0.385 e. The van der Waals surface area contributed by atoms with Crippen molar-refractivity contribution in [3.63, 3.8) is 0 Å². The lowest BCUT2D eigenvalue weighted by Crippen LogP contribution is -2.18. The first-order valence-electron chi connectivity index (χ1n) is 6.28. The fourth-order valence-corrected chi connectivity index (χ4v) is 2.48. The summed E-state index contributed by atoms with van der Waals surface area (Å²) in [6, 6.07) is 8.56. The van der Waals surface area contributed by atoms with Crippen LogP contribution in [0.15, 0.2) is 24.3 Å². The SMILES string of the molecule is COCCC(C)C(CCl)Cc1ccccc1C. The summed E-state index contributed by atoms with van der Waals surface area (Å²) in [5, 5.41) is 0. The molecule has 2 atom stereocenters. The number of halogens is 1. The molecule has 0 aliphatic rings. The number of hydrogen-bond acceptors (Lipinski definition) is 1. The van der Waals surface area contributed by atoms with Gasteiger partial charge in [-0.15, -0.1) is 11.6 Å². The fraction of sp³-hybridized carbons (Fsp3) is 0.600. The quantitative estimate of drug-likeness (QED) is 0.667. The van der Waals surface area contributed by atoms with Crippen molar-refractivity contribution in [1.82, 2.24) is 0 Å². The van der Waals surface area contributed by atoms with Gasteiger partial charge in [0, 0.05) is 19.6 Å². The molecule has 17 heavy (non-hydrogen) atoms. The normalized spacial score (nSPS) is 14.6. The van der Waals surface area contributed by atoms with Gasteiger partial charge in [0.25, 0.3) is 0 Å². The van der Waals surface area contributed by atoms with Gasteiger partial charge >= 0.3 is 0 Å². The summed E-state index contributed by atoms with van der Waals surface area (Å²) in [6.07, 6.45) is 2.15. The molecule has 0 aliphatic carbocycles. The first-order chi connectivity index (χ1) is 8.19. The molecule has 0 N–H and O–H groups in total. The van der Waals surface area contributed by atoms with Crippen LogP contribution in [0.5, 0.6) is 0 Å². The van der Waals surface area contributed by atoms with Crippen LogP contribution in [-0.4, -0.2) is 19.6 Å². The van der Waals surface area contributed by atoms with Crippen molar-refractivity contribution in [3.05, 3.63) is 35.4 Å². The van der Waals surface area contributed by atoms with E-state index in [1.165, 1.54) is 11.1 Å². The number of rotatable bonds is 7. The van der Waals surface area contributed by atoms with E-state index in [-0.39, 0.29) is 0 Å². The third kappa shape index (κ3) is 4.69. The van der Waals surface area contributed by atoms with Gasteiger partial charge in [-0.2, -0.15) is 0 Å². The molecule has 0 spiro atoms. The zero-order valence-corrected chi connectivity index (χ0v) is 11.8. The summed E-state index contributed by atoms with van der Waals surface area (Å²) in [5.41, 5.74) is 2.78. The van der Waals surface area contributed by atoms with E-state index in [0.717, 1.165) is 25.3 Å². The zero-order valence-electron chi connectivity index (χ0n) is 11.1. The molecule has 0 saturated carbocycles. The van der Waals surface area contributed by atoms with Crippen molar-refractivity contribution in [2.24, 2.45) is 11.8 Å². The van der Waals surface area contributed by atoms with Crippen LogP contribution in [-0.2, 0) is 11.2 Å². The summed E-state index contributed by atoms with van der Waals surface area (Å²) in [7, 11) is 1.75. The molecule has 1 aromatic rings. The Balaban J connectivity index is 2.60. The van der Waals surface area contributed by atoms with Gasteiger partial charge in [0.05, 0.1) is 0 Å². The van der Waals surface area contributed by atoms with Gasteiger partial charge < -0.3 is 4.74 Å². The number of ether oxygens (including phenoxy) is 1. The van der Waals surface area contributed by atoms with Crippen molar-refractivity contribution < 1.29 is 4.74 Å². The highest BCUT2D eigenvalue weighted by atomic mass is 35.5. The molecule has 0 bridgehead atoms. The smallest absolute Gasteiger partial charge is 0.0464 e. The second-order valence-electron chi connectivity index (χ2n) is 4.80. The van der Waals surface area contributed by atoms with Crippen LogP contribution in [0.1, 0.15) is 24.5 Å². The lowest BCUT2D eigenvalue weighted by molar-refractivity contribution is 0.168. The third-order valence-electron chi connectivity index (χ3n) is 3.52. The highest BCUT2D eigenvalue weighted by Crippen LogP contribution is 2.23. The molecule has 2 unspecified atom stereocenters. The number of alkyl halides is 1. The predicted molar refractivity (Wildman–Crippen MR) is 74.8 cm³/mol. The zero-order chi connectivity index (χ0) is 12.7. The van der Waals surface area contributed by atoms with Gasteiger partial charge in [0.1, 0.15) is 0 Å². The van der Waals surface area contributed by atoms with E-state index in [4.69, 9.17) is 16.3 Å². The van der Waals surface area contributed by atoms with Gasteiger partial charge in [0.2, 0.25) is 0 Å². The maximum atomic E-state index is 6.10. The molecule has 0 fully saturated rings. The summed E-state index contributed by atoms with van der Waals surface area (Å²) < 4.78 is 5.14. The maximum absolute atomic E-state index is 6.10. The number of methoxy groups -OCH3 is 1. The van der Waals surface area contributed by atoms with Crippen LogP contribution in [0, 0.1) is 18.8 Å².